The van der Waals surface area contributed by atoms with Crippen LogP contribution in [0.3, 0.4) is 0 Å². The van der Waals surface area contributed by atoms with Gasteiger partial charge in [0.2, 0.25) is 6.23 Å². The molecular weight excluding hydrogens is 348 g/mol. The van der Waals surface area contributed by atoms with Gasteiger partial charge in [-0.2, -0.15) is 5.10 Å². The van der Waals surface area contributed by atoms with Crippen LogP contribution in [0.4, 0.5) is 0 Å². The van der Waals surface area contributed by atoms with Gasteiger partial charge in [0.05, 0.1) is 18.9 Å². The van der Waals surface area contributed by atoms with Crippen molar-refractivity contribution in [3.05, 3.63) is 95.1 Å². The van der Waals surface area contributed by atoms with Gasteiger partial charge in [-0.15, -0.1) is 0 Å². The van der Waals surface area contributed by atoms with Crippen molar-refractivity contribution < 1.29 is 9.47 Å². The van der Waals surface area contributed by atoms with Crippen LogP contribution >= 0.6 is 0 Å². The molecule has 2 aliphatic heterocycles. The number of hydrogen-bond acceptors (Lipinski definition) is 4. The summed E-state index contributed by atoms with van der Waals surface area (Å²) in [5.41, 5.74) is 5.73. The molecule has 0 spiro atoms. The normalized spacial score (nSPS) is 20.1. The maximum Gasteiger partial charge on any atom is 0.213 e. The van der Waals surface area contributed by atoms with Crippen molar-refractivity contribution in [3.8, 4) is 11.5 Å². The molecule has 3 aromatic rings. The number of para-hydroxylation sites is 1. The molecule has 0 saturated heterocycles. The Morgan fingerprint density at radius 1 is 1.00 bits per heavy atom. The second-order valence-electron chi connectivity index (χ2n) is 7.30. The Hall–Kier alpha value is -3.27. The third kappa shape index (κ3) is 2.82. The molecule has 0 unspecified atom stereocenters. The molecular formula is C24H22N2O2. The second kappa shape index (κ2) is 6.71. The summed E-state index contributed by atoms with van der Waals surface area (Å²) in [5.74, 6) is 1.80. The van der Waals surface area contributed by atoms with E-state index in [1.807, 2.05) is 18.2 Å². The Morgan fingerprint density at radius 3 is 2.61 bits per heavy atom. The molecule has 140 valence electrons. The quantitative estimate of drug-likeness (QED) is 0.632. The Kier molecular flexibility index (Phi) is 4.05. The van der Waals surface area contributed by atoms with Gasteiger partial charge in [-0.05, 0) is 42.8 Å². The molecule has 2 heterocycles. The Balaban J connectivity index is 1.57. The minimum atomic E-state index is -0.226. The zero-order valence-electron chi connectivity index (χ0n) is 16.0. The van der Waals surface area contributed by atoms with Crippen molar-refractivity contribution in [3.63, 3.8) is 0 Å². The van der Waals surface area contributed by atoms with E-state index in [1.54, 1.807) is 7.11 Å². The average Bonchev–Trinajstić information content (AvgIpc) is 3.19. The summed E-state index contributed by atoms with van der Waals surface area (Å²) in [4.78, 5) is 0. The first-order valence-corrected chi connectivity index (χ1v) is 9.55. The predicted molar refractivity (Wildman–Crippen MR) is 110 cm³/mol. The zero-order chi connectivity index (χ0) is 19.1. The van der Waals surface area contributed by atoms with Gasteiger partial charge in [0.25, 0.3) is 0 Å². The third-order valence-electron chi connectivity index (χ3n) is 5.45. The number of hydrogen-bond donors (Lipinski definition) is 0. The maximum atomic E-state index is 6.41. The van der Waals surface area contributed by atoms with Crippen LogP contribution in [0.2, 0.25) is 0 Å². The number of ether oxygens (including phenoxy) is 2. The first kappa shape index (κ1) is 16.9. The van der Waals surface area contributed by atoms with Gasteiger partial charge < -0.3 is 9.47 Å². The molecule has 4 nitrogen and oxygen atoms in total. The fourth-order valence-corrected chi connectivity index (χ4v) is 4.04. The van der Waals surface area contributed by atoms with Crippen LogP contribution in [-0.2, 0) is 0 Å². The van der Waals surface area contributed by atoms with Gasteiger partial charge in [0.1, 0.15) is 11.5 Å². The Morgan fingerprint density at radius 2 is 1.82 bits per heavy atom. The van der Waals surface area contributed by atoms with E-state index in [0.29, 0.717) is 0 Å². The summed E-state index contributed by atoms with van der Waals surface area (Å²) in [5, 5.41) is 7.13. The highest BCUT2D eigenvalue weighted by molar-refractivity contribution is 6.02. The van der Waals surface area contributed by atoms with Crippen molar-refractivity contribution in [2.24, 2.45) is 5.10 Å². The Labute approximate surface area is 165 Å². The van der Waals surface area contributed by atoms with Gasteiger partial charge in [-0.1, -0.05) is 48.0 Å². The fourth-order valence-electron chi connectivity index (χ4n) is 4.04. The van der Waals surface area contributed by atoms with Crippen molar-refractivity contribution in [2.75, 3.05) is 7.11 Å². The molecule has 2 aliphatic rings. The molecule has 0 fully saturated rings. The van der Waals surface area contributed by atoms with E-state index in [0.717, 1.165) is 34.8 Å². The lowest BCUT2D eigenvalue weighted by Crippen LogP contribution is -2.33. The monoisotopic (exact) mass is 370 g/mol. The summed E-state index contributed by atoms with van der Waals surface area (Å²) in [6, 6.07) is 25.1. The standard InChI is InChI=1S/C24H22N2O2/c1-16-6-5-7-18(14-16)24-26-22(20-8-3-4-9-23(20)28-24)15-21(25-26)17-10-12-19(27-2)13-11-17/h3-14,22,24H,15H2,1-2H3/t22-,24+/m0/s1. The van der Waals surface area contributed by atoms with Crippen molar-refractivity contribution in [2.45, 2.75) is 25.6 Å². The molecule has 3 aromatic carbocycles. The van der Waals surface area contributed by atoms with Crippen LogP contribution in [0.25, 0.3) is 0 Å². The van der Waals surface area contributed by atoms with Crippen LogP contribution in [0.15, 0.2) is 77.9 Å². The molecule has 0 N–H and O–H groups in total. The molecule has 0 bridgehead atoms. The predicted octanol–water partition coefficient (Wildman–Crippen LogP) is 5.25. The molecule has 0 saturated carbocycles. The second-order valence-corrected chi connectivity index (χ2v) is 7.30. The Bertz CT molecular complexity index is 1040. The van der Waals surface area contributed by atoms with Crippen LogP contribution < -0.4 is 9.47 Å². The SMILES string of the molecule is COc1ccc(C2=NN3[C@@H](c4cccc(C)c4)Oc4ccccc4[C@@H]3C2)cc1. The van der Waals surface area contributed by atoms with E-state index < -0.39 is 0 Å². The highest BCUT2D eigenvalue weighted by Gasteiger charge is 2.40. The van der Waals surface area contributed by atoms with E-state index in [9.17, 15) is 0 Å². The number of rotatable bonds is 3. The summed E-state index contributed by atoms with van der Waals surface area (Å²) in [6.45, 7) is 2.10. The zero-order valence-corrected chi connectivity index (χ0v) is 16.0. The van der Waals surface area contributed by atoms with Crippen molar-refractivity contribution in [1.82, 2.24) is 5.01 Å². The van der Waals surface area contributed by atoms with Crippen LogP contribution in [-0.4, -0.2) is 17.8 Å². The highest BCUT2D eigenvalue weighted by Crippen LogP contribution is 2.47. The first-order valence-electron chi connectivity index (χ1n) is 9.55. The minimum absolute atomic E-state index is 0.174. The maximum absolute atomic E-state index is 6.41. The molecule has 0 aliphatic carbocycles. The lowest BCUT2D eigenvalue weighted by molar-refractivity contribution is -0.0190. The molecule has 0 amide bonds. The summed E-state index contributed by atoms with van der Waals surface area (Å²) >= 11 is 0. The first-order chi connectivity index (χ1) is 13.7. The van der Waals surface area contributed by atoms with Gasteiger partial charge in [-0.3, -0.25) is 0 Å². The minimum Gasteiger partial charge on any atom is -0.497 e. The number of hydrazone groups is 1. The van der Waals surface area contributed by atoms with Gasteiger partial charge in [-0.25, -0.2) is 5.01 Å². The third-order valence-corrected chi connectivity index (χ3v) is 5.45. The van der Waals surface area contributed by atoms with Crippen LogP contribution in [0, 0.1) is 6.92 Å². The van der Waals surface area contributed by atoms with Crippen molar-refractivity contribution >= 4 is 5.71 Å². The summed E-state index contributed by atoms with van der Waals surface area (Å²) in [7, 11) is 1.68. The molecule has 5 rings (SSSR count). The lowest BCUT2D eigenvalue weighted by atomic mass is 9.96. The van der Waals surface area contributed by atoms with Gasteiger partial charge >= 0.3 is 0 Å². The molecule has 0 radical (unpaired) electrons. The van der Waals surface area contributed by atoms with E-state index in [4.69, 9.17) is 14.6 Å². The van der Waals surface area contributed by atoms with E-state index in [-0.39, 0.29) is 12.3 Å². The number of fused-ring (bicyclic) bond motifs is 3. The average molecular weight is 370 g/mol. The van der Waals surface area contributed by atoms with Crippen LogP contribution in [0.1, 0.15) is 40.9 Å². The van der Waals surface area contributed by atoms with Crippen molar-refractivity contribution in [1.29, 1.82) is 0 Å². The highest BCUT2D eigenvalue weighted by atomic mass is 16.5. The topological polar surface area (TPSA) is 34.1 Å². The van der Waals surface area contributed by atoms with E-state index in [2.05, 4.69) is 66.5 Å². The number of benzene rings is 3. The largest absolute Gasteiger partial charge is 0.497 e. The molecule has 4 heteroatoms. The smallest absolute Gasteiger partial charge is 0.213 e. The molecule has 28 heavy (non-hydrogen) atoms. The summed E-state index contributed by atoms with van der Waals surface area (Å²) < 4.78 is 11.7. The molecule has 2 atom stereocenters. The van der Waals surface area contributed by atoms with Crippen LogP contribution in [0.5, 0.6) is 11.5 Å². The van der Waals surface area contributed by atoms with E-state index >= 15 is 0 Å². The fraction of sp³-hybridized carbons (Fsp3) is 0.208. The van der Waals surface area contributed by atoms with Gasteiger partial charge in [0, 0.05) is 17.5 Å². The van der Waals surface area contributed by atoms with Gasteiger partial charge in [0.15, 0.2) is 0 Å². The summed E-state index contributed by atoms with van der Waals surface area (Å²) in [6.07, 6.45) is 0.630. The van der Waals surface area contributed by atoms with E-state index in [1.165, 1.54) is 11.1 Å². The number of nitrogens with zero attached hydrogens (tertiary/aromatic N) is 2. The lowest BCUT2D eigenvalue weighted by Gasteiger charge is -2.38. The number of methoxy groups -OCH3 is 1. The molecule has 0 aromatic heterocycles. The number of aryl methyl sites for hydroxylation is 1.